The zero-order valence-electron chi connectivity index (χ0n) is 9.91. The molecule has 1 heterocycles. The third kappa shape index (κ3) is 2.51. The first kappa shape index (κ1) is 12.2. The SMILES string of the molecule is N#CC=C1CCN(C(=O)O)C(c2ccccc2)C1. The molecule has 4 heteroatoms. The zero-order valence-corrected chi connectivity index (χ0v) is 9.91. The number of rotatable bonds is 1. The average Bonchev–Trinajstić information content (AvgIpc) is 2.40. The van der Waals surface area contributed by atoms with Gasteiger partial charge in [-0.25, -0.2) is 4.79 Å². The van der Waals surface area contributed by atoms with E-state index < -0.39 is 6.09 Å². The number of nitriles is 1. The number of allylic oxidation sites excluding steroid dienone is 1. The lowest BCUT2D eigenvalue weighted by Gasteiger charge is -2.35. The lowest BCUT2D eigenvalue weighted by atomic mass is 9.91. The van der Waals surface area contributed by atoms with Gasteiger partial charge in [-0.3, -0.25) is 0 Å². The van der Waals surface area contributed by atoms with Crippen LogP contribution in [-0.2, 0) is 0 Å². The van der Waals surface area contributed by atoms with Gasteiger partial charge in [0.25, 0.3) is 0 Å². The van der Waals surface area contributed by atoms with Gasteiger partial charge in [0.2, 0.25) is 0 Å². The topological polar surface area (TPSA) is 64.3 Å². The zero-order chi connectivity index (χ0) is 13.0. The van der Waals surface area contributed by atoms with E-state index in [1.54, 1.807) is 0 Å². The number of hydrogen-bond acceptors (Lipinski definition) is 2. The molecule has 4 nitrogen and oxygen atoms in total. The van der Waals surface area contributed by atoms with Crippen molar-refractivity contribution in [3.63, 3.8) is 0 Å². The van der Waals surface area contributed by atoms with E-state index in [0.717, 1.165) is 11.1 Å². The minimum Gasteiger partial charge on any atom is -0.465 e. The summed E-state index contributed by atoms with van der Waals surface area (Å²) in [5.41, 5.74) is 1.99. The van der Waals surface area contributed by atoms with Crippen molar-refractivity contribution in [2.24, 2.45) is 0 Å². The Labute approximate surface area is 106 Å². The first-order valence-electron chi connectivity index (χ1n) is 5.84. The summed E-state index contributed by atoms with van der Waals surface area (Å²) in [6.45, 7) is 0.447. The first-order valence-corrected chi connectivity index (χ1v) is 5.84. The molecule has 1 aliphatic rings. The van der Waals surface area contributed by atoms with Crippen molar-refractivity contribution in [1.82, 2.24) is 4.90 Å². The van der Waals surface area contributed by atoms with Gasteiger partial charge in [0.05, 0.1) is 12.1 Å². The van der Waals surface area contributed by atoms with Crippen LogP contribution in [0.4, 0.5) is 4.79 Å². The molecule has 1 amide bonds. The Hall–Kier alpha value is -2.28. The molecule has 92 valence electrons. The van der Waals surface area contributed by atoms with Gasteiger partial charge in [-0.2, -0.15) is 5.26 Å². The van der Waals surface area contributed by atoms with Crippen molar-refractivity contribution < 1.29 is 9.90 Å². The quantitative estimate of drug-likeness (QED) is 0.770. The molecule has 0 spiro atoms. The van der Waals surface area contributed by atoms with Gasteiger partial charge < -0.3 is 10.0 Å². The van der Waals surface area contributed by atoms with Crippen LogP contribution in [0.5, 0.6) is 0 Å². The molecule has 0 radical (unpaired) electrons. The molecule has 18 heavy (non-hydrogen) atoms. The molecule has 0 aliphatic carbocycles. The van der Waals surface area contributed by atoms with Gasteiger partial charge in [-0.05, 0) is 18.4 Å². The summed E-state index contributed by atoms with van der Waals surface area (Å²) >= 11 is 0. The van der Waals surface area contributed by atoms with Crippen LogP contribution in [0.3, 0.4) is 0 Å². The van der Waals surface area contributed by atoms with Gasteiger partial charge >= 0.3 is 6.09 Å². The molecular weight excluding hydrogens is 228 g/mol. The van der Waals surface area contributed by atoms with Crippen LogP contribution in [0.25, 0.3) is 0 Å². The minimum absolute atomic E-state index is 0.183. The van der Waals surface area contributed by atoms with Crippen molar-refractivity contribution in [3.8, 4) is 6.07 Å². The normalized spacial score (nSPS) is 21.6. The maximum absolute atomic E-state index is 11.2. The molecule has 1 saturated heterocycles. The highest BCUT2D eigenvalue weighted by Crippen LogP contribution is 2.33. The number of hydrogen-bond donors (Lipinski definition) is 1. The smallest absolute Gasteiger partial charge is 0.407 e. The summed E-state index contributed by atoms with van der Waals surface area (Å²) in [4.78, 5) is 12.7. The van der Waals surface area contributed by atoms with E-state index in [2.05, 4.69) is 0 Å². The third-order valence-electron chi connectivity index (χ3n) is 3.20. The van der Waals surface area contributed by atoms with E-state index in [0.29, 0.717) is 19.4 Å². The number of amides is 1. The van der Waals surface area contributed by atoms with Gasteiger partial charge in [0.1, 0.15) is 0 Å². The summed E-state index contributed by atoms with van der Waals surface area (Å²) < 4.78 is 0. The van der Waals surface area contributed by atoms with Crippen LogP contribution in [0.2, 0.25) is 0 Å². The monoisotopic (exact) mass is 242 g/mol. The molecule has 0 aromatic heterocycles. The Kier molecular flexibility index (Phi) is 3.63. The Morgan fingerprint density at radius 1 is 1.44 bits per heavy atom. The van der Waals surface area contributed by atoms with Crippen molar-refractivity contribution in [2.75, 3.05) is 6.54 Å². The summed E-state index contributed by atoms with van der Waals surface area (Å²) in [7, 11) is 0. The highest BCUT2D eigenvalue weighted by Gasteiger charge is 2.29. The fraction of sp³-hybridized carbons (Fsp3) is 0.286. The number of nitrogens with zero attached hydrogens (tertiary/aromatic N) is 2. The average molecular weight is 242 g/mol. The molecule has 1 aromatic rings. The number of likely N-dealkylation sites (tertiary alicyclic amines) is 1. The van der Waals surface area contributed by atoms with Crippen molar-refractivity contribution in [2.45, 2.75) is 18.9 Å². The number of piperidine rings is 1. The molecule has 2 rings (SSSR count). The van der Waals surface area contributed by atoms with Crippen molar-refractivity contribution in [1.29, 1.82) is 5.26 Å². The van der Waals surface area contributed by atoms with E-state index in [1.165, 1.54) is 11.0 Å². The molecule has 1 aliphatic heterocycles. The summed E-state index contributed by atoms with van der Waals surface area (Å²) in [5.74, 6) is 0. The van der Waals surface area contributed by atoms with Crippen LogP contribution >= 0.6 is 0 Å². The number of carbonyl (C=O) groups is 1. The van der Waals surface area contributed by atoms with Crippen LogP contribution in [0.15, 0.2) is 42.0 Å². The van der Waals surface area contributed by atoms with Gasteiger partial charge in [0.15, 0.2) is 0 Å². The van der Waals surface area contributed by atoms with E-state index in [-0.39, 0.29) is 6.04 Å². The molecule has 0 bridgehead atoms. The molecule has 1 unspecified atom stereocenters. The maximum atomic E-state index is 11.2. The second-order valence-electron chi connectivity index (χ2n) is 4.29. The summed E-state index contributed by atoms with van der Waals surface area (Å²) in [6.07, 6.45) is 1.88. The van der Waals surface area contributed by atoms with E-state index in [1.807, 2.05) is 36.4 Å². The third-order valence-corrected chi connectivity index (χ3v) is 3.20. The van der Waals surface area contributed by atoms with Crippen LogP contribution in [-0.4, -0.2) is 22.6 Å². The Bertz CT molecular complexity index is 502. The highest BCUT2D eigenvalue weighted by atomic mass is 16.4. The van der Waals surface area contributed by atoms with E-state index in [4.69, 9.17) is 5.26 Å². The van der Waals surface area contributed by atoms with Gasteiger partial charge in [-0.15, -0.1) is 0 Å². The predicted octanol–water partition coefficient (Wildman–Crippen LogP) is 2.95. The van der Waals surface area contributed by atoms with Gasteiger partial charge in [-0.1, -0.05) is 35.9 Å². The second-order valence-corrected chi connectivity index (χ2v) is 4.29. The fourth-order valence-corrected chi connectivity index (χ4v) is 2.30. The first-order chi connectivity index (χ1) is 8.72. The lowest BCUT2D eigenvalue weighted by Crippen LogP contribution is -2.38. The summed E-state index contributed by atoms with van der Waals surface area (Å²) in [5, 5.41) is 17.9. The molecule has 0 saturated carbocycles. The maximum Gasteiger partial charge on any atom is 0.407 e. The van der Waals surface area contributed by atoms with E-state index >= 15 is 0 Å². The van der Waals surface area contributed by atoms with Crippen LogP contribution in [0.1, 0.15) is 24.4 Å². The Morgan fingerprint density at radius 2 is 2.17 bits per heavy atom. The lowest BCUT2D eigenvalue weighted by molar-refractivity contribution is 0.116. The molecule has 1 N–H and O–H groups in total. The molecular formula is C14H14N2O2. The van der Waals surface area contributed by atoms with Crippen molar-refractivity contribution in [3.05, 3.63) is 47.5 Å². The minimum atomic E-state index is -0.903. The Balaban J connectivity index is 2.29. The molecule has 1 atom stereocenters. The Morgan fingerprint density at radius 3 is 2.78 bits per heavy atom. The van der Waals surface area contributed by atoms with Crippen molar-refractivity contribution >= 4 is 6.09 Å². The molecule has 1 aromatic carbocycles. The van der Waals surface area contributed by atoms with E-state index in [9.17, 15) is 9.90 Å². The number of benzene rings is 1. The highest BCUT2D eigenvalue weighted by molar-refractivity contribution is 5.66. The second kappa shape index (κ2) is 5.37. The number of carboxylic acid groups (broad SMARTS) is 1. The predicted molar refractivity (Wildman–Crippen MR) is 66.8 cm³/mol. The largest absolute Gasteiger partial charge is 0.465 e. The summed E-state index contributed by atoms with van der Waals surface area (Å²) in [6, 6.07) is 11.4. The van der Waals surface area contributed by atoms with Crippen LogP contribution in [0, 0.1) is 11.3 Å². The van der Waals surface area contributed by atoms with Gasteiger partial charge in [0, 0.05) is 12.6 Å². The fourth-order valence-electron chi connectivity index (χ4n) is 2.30. The van der Waals surface area contributed by atoms with Crippen LogP contribution < -0.4 is 0 Å². The molecule has 1 fully saturated rings. The standard InChI is InChI=1S/C14H14N2O2/c15-8-6-11-7-9-16(14(17)18)13(10-11)12-4-2-1-3-5-12/h1-6,13H,7,9-10H2,(H,17,18).